The molecule has 0 aliphatic carbocycles. The van der Waals surface area contributed by atoms with Crippen molar-refractivity contribution in [3.8, 4) is 5.75 Å². The molecule has 0 bridgehead atoms. The monoisotopic (exact) mass is 498 g/mol. The summed E-state index contributed by atoms with van der Waals surface area (Å²) in [5.74, 6) is -0.336. The third kappa shape index (κ3) is 5.48. The molecule has 0 aliphatic rings. The molecule has 1 amide bonds. The number of amides is 1. The van der Waals surface area contributed by atoms with Crippen LogP contribution < -0.4 is 5.43 Å². The first kappa shape index (κ1) is 22.7. The molecule has 33 heavy (non-hydrogen) atoms. The van der Waals surface area contributed by atoms with Gasteiger partial charge >= 0.3 is 5.69 Å². The highest BCUT2D eigenvalue weighted by molar-refractivity contribution is 8.00. The second-order valence-corrected chi connectivity index (χ2v) is 9.44. The molecule has 3 aromatic carbocycles. The Morgan fingerprint density at radius 2 is 2.00 bits per heavy atom. The number of fused-ring (bicyclic) bond motifs is 1. The molecule has 11 heteroatoms. The van der Waals surface area contributed by atoms with Crippen LogP contribution in [0, 0.1) is 10.1 Å². The lowest BCUT2D eigenvalue weighted by molar-refractivity contribution is -0.385. The topological polar surface area (TPSA) is 118 Å². The number of nitrogens with one attached hydrogen (secondary N) is 1. The van der Waals surface area contributed by atoms with Crippen molar-refractivity contribution >= 4 is 62.7 Å². The van der Waals surface area contributed by atoms with E-state index in [9.17, 15) is 20.0 Å². The first-order valence-electron chi connectivity index (χ1n) is 9.48. The Hall–Kier alpha value is -3.47. The van der Waals surface area contributed by atoms with E-state index in [0.29, 0.717) is 11.3 Å². The van der Waals surface area contributed by atoms with Gasteiger partial charge in [-0.15, -0.1) is 11.3 Å². The molecule has 0 aliphatic heterocycles. The molecular weight excluding hydrogens is 484 g/mol. The van der Waals surface area contributed by atoms with Crippen molar-refractivity contribution in [2.75, 3.05) is 0 Å². The smallest absolute Gasteiger partial charge is 0.312 e. The van der Waals surface area contributed by atoms with Gasteiger partial charge in [-0.1, -0.05) is 47.6 Å². The number of rotatable bonds is 7. The molecule has 4 aromatic rings. The maximum absolute atomic E-state index is 12.3. The molecule has 0 atom stereocenters. The number of phenols is 1. The number of carbonyl (C=O) groups excluding carboxylic acids is 1. The Balaban J connectivity index is 1.36. The van der Waals surface area contributed by atoms with Crippen molar-refractivity contribution < 1.29 is 14.8 Å². The fourth-order valence-corrected chi connectivity index (χ4v) is 5.12. The summed E-state index contributed by atoms with van der Waals surface area (Å²) in [5, 5.41) is 24.7. The Kier molecular flexibility index (Phi) is 6.87. The molecule has 0 saturated carbocycles. The number of nitrogens with zero attached hydrogens (tertiary/aromatic N) is 3. The van der Waals surface area contributed by atoms with Crippen molar-refractivity contribution in [1.29, 1.82) is 0 Å². The highest BCUT2D eigenvalue weighted by Crippen LogP contribution is 2.32. The van der Waals surface area contributed by atoms with E-state index in [1.165, 1.54) is 6.07 Å². The van der Waals surface area contributed by atoms with Crippen molar-refractivity contribution in [2.45, 2.75) is 10.1 Å². The van der Waals surface area contributed by atoms with E-state index >= 15 is 0 Å². The van der Waals surface area contributed by atoms with Gasteiger partial charge in [-0.05, 0) is 35.9 Å². The number of aromatic nitrogens is 1. The molecule has 0 fully saturated rings. The number of hydrazone groups is 1. The van der Waals surface area contributed by atoms with E-state index in [1.54, 1.807) is 35.2 Å². The number of nitro groups is 1. The van der Waals surface area contributed by atoms with E-state index in [0.717, 1.165) is 32.4 Å². The van der Waals surface area contributed by atoms with E-state index in [1.807, 2.05) is 36.4 Å². The van der Waals surface area contributed by atoms with Crippen LogP contribution in [0.15, 0.2) is 70.1 Å². The zero-order chi connectivity index (χ0) is 23.4. The van der Waals surface area contributed by atoms with Gasteiger partial charge < -0.3 is 5.11 Å². The predicted octanol–water partition coefficient (Wildman–Crippen LogP) is 5.62. The highest BCUT2D eigenvalue weighted by atomic mass is 35.5. The SMILES string of the molecule is O=C(N/N=C/c1cc(Cl)cc([N+](=O)[O-])c1O)c1ccc(CSc2nc3ccccc3s2)cc1. The summed E-state index contributed by atoms with van der Waals surface area (Å²) in [4.78, 5) is 27.1. The summed E-state index contributed by atoms with van der Waals surface area (Å²) in [6.45, 7) is 0. The number of para-hydroxylation sites is 1. The largest absolute Gasteiger partial charge is 0.502 e. The van der Waals surface area contributed by atoms with Crippen LogP contribution in [0.2, 0.25) is 5.02 Å². The second kappa shape index (κ2) is 9.99. The molecule has 0 radical (unpaired) electrons. The van der Waals surface area contributed by atoms with E-state index in [-0.39, 0.29) is 10.6 Å². The van der Waals surface area contributed by atoms with Crippen LogP contribution in [-0.2, 0) is 5.75 Å². The average molecular weight is 499 g/mol. The van der Waals surface area contributed by atoms with Crippen LogP contribution in [0.1, 0.15) is 21.5 Å². The maximum Gasteiger partial charge on any atom is 0.312 e. The average Bonchev–Trinajstić information content (AvgIpc) is 3.23. The zero-order valence-corrected chi connectivity index (χ0v) is 19.2. The van der Waals surface area contributed by atoms with E-state index < -0.39 is 22.3 Å². The lowest BCUT2D eigenvalue weighted by atomic mass is 10.1. The first-order chi connectivity index (χ1) is 15.9. The van der Waals surface area contributed by atoms with Crippen LogP contribution in [0.25, 0.3) is 10.2 Å². The number of hydrogen-bond donors (Lipinski definition) is 2. The number of thiazole rings is 1. The molecule has 1 aromatic heterocycles. The molecule has 0 spiro atoms. The van der Waals surface area contributed by atoms with E-state index in [4.69, 9.17) is 11.6 Å². The molecule has 8 nitrogen and oxygen atoms in total. The minimum atomic E-state index is -0.756. The Morgan fingerprint density at radius 1 is 1.24 bits per heavy atom. The Bertz CT molecular complexity index is 1340. The molecule has 166 valence electrons. The number of phenolic OH excluding ortho intramolecular Hbond substituents is 1. The van der Waals surface area contributed by atoms with Gasteiger partial charge in [-0.3, -0.25) is 14.9 Å². The van der Waals surface area contributed by atoms with Crippen LogP contribution in [0.4, 0.5) is 5.69 Å². The predicted molar refractivity (Wildman–Crippen MR) is 130 cm³/mol. The van der Waals surface area contributed by atoms with Crippen LogP contribution in [-0.4, -0.2) is 27.1 Å². The van der Waals surface area contributed by atoms with Crippen LogP contribution >= 0.6 is 34.7 Å². The molecule has 1 heterocycles. The minimum absolute atomic E-state index is 0.0109. The number of thioether (sulfide) groups is 1. The van der Waals surface area contributed by atoms with Crippen molar-refractivity contribution in [1.82, 2.24) is 10.4 Å². The lowest BCUT2D eigenvalue weighted by Gasteiger charge is -2.04. The number of nitro benzene ring substituents is 1. The molecule has 4 rings (SSSR count). The van der Waals surface area contributed by atoms with Crippen LogP contribution in [0.3, 0.4) is 0 Å². The number of aromatic hydroxyl groups is 1. The van der Waals surface area contributed by atoms with Gasteiger partial charge in [0.05, 0.1) is 21.4 Å². The van der Waals surface area contributed by atoms with Gasteiger partial charge in [-0.2, -0.15) is 5.10 Å². The summed E-state index contributed by atoms with van der Waals surface area (Å²) in [7, 11) is 0. The van der Waals surface area contributed by atoms with Crippen molar-refractivity contribution in [2.24, 2.45) is 5.10 Å². The number of hydrogen-bond acceptors (Lipinski definition) is 8. The van der Waals surface area contributed by atoms with Gasteiger partial charge in [0.15, 0.2) is 4.34 Å². The standard InChI is InChI=1S/C22H15ClN4O4S2/c23-16-9-15(20(28)18(10-16)27(30)31)11-24-26-21(29)14-7-5-13(6-8-14)12-32-22-25-17-3-1-2-4-19(17)33-22/h1-11,28H,12H2,(H,26,29)/b24-11+. The quantitative estimate of drug-likeness (QED) is 0.148. The van der Waals surface area contributed by atoms with Gasteiger partial charge in [-0.25, -0.2) is 10.4 Å². The van der Waals surface area contributed by atoms with Gasteiger partial charge in [0, 0.05) is 28.0 Å². The normalized spacial score (nSPS) is 11.2. The van der Waals surface area contributed by atoms with Crippen LogP contribution in [0.5, 0.6) is 5.75 Å². The summed E-state index contributed by atoms with van der Waals surface area (Å²) in [6, 6.07) is 17.4. The summed E-state index contributed by atoms with van der Waals surface area (Å²) in [5.41, 5.74) is 4.20. The molecule has 2 N–H and O–H groups in total. The van der Waals surface area contributed by atoms with Crippen molar-refractivity contribution in [3.05, 3.63) is 92.5 Å². The Morgan fingerprint density at radius 3 is 2.73 bits per heavy atom. The summed E-state index contributed by atoms with van der Waals surface area (Å²) >= 11 is 9.11. The number of benzene rings is 3. The van der Waals surface area contributed by atoms with Gasteiger partial charge in [0.25, 0.3) is 5.91 Å². The molecule has 0 saturated heterocycles. The fourth-order valence-electron chi connectivity index (χ4n) is 2.88. The number of carbonyl (C=O) groups is 1. The summed E-state index contributed by atoms with van der Waals surface area (Å²) < 4.78 is 2.13. The third-order valence-electron chi connectivity index (χ3n) is 4.50. The van der Waals surface area contributed by atoms with Gasteiger partial charge in [0.1, 0.15) is 0 Å². The second-order valence-electron chi connectivity index (χ2n) is 6.75. The molecule has 0 unspecified atom stereocenters. The maximum atomic E-state index is 12.3. The minimum Gasteiger partial charge on any atom is -0.502 e. The van der Waals surface area contributed by atoms with Crippen molar-refractivity contribution in [3.63, 3.8) is 0 Å². The highest BCUT2D eigenvalue weighted by Gasteiger charge is 2.17. The first-order valence-corrected chi connectivity index (χ1v) is 11.7. The van der Waals surface area contributed by atoms with Gasteiger partial charge in [0.2, 0.25) is 5.75 Å². The summed E-state index contributed by atoms with van der Waals surface area (Å²) in [6.07, 6.45) is 1.09. The zero-order valence-electron chi connectivity index (χ0n) is 16.8. The fraction of sp³-hybridized carbons (Fsp3) is 0.0455. The third-order valence-corrected chi connectivity index (χ3v) is 6.97. The number of halogens is 1. The Labute approximate surface area is 201 Å². The molecular formula is C22H15ClN4O4S2. The lowest BCUT2D eigenvalue weighted by Crippen LogP contribution is -2.17. The van der Waals surface area contributed by atoms with E-state index in [2.05, 4.69) is 15.5 Å².